The first-order valence-corrected chi connectivity index (χ1v) is 12.4. The van der Waals surface area contributed by atoms with Gasteiger partial charge in [0, 0.05) is 43.7 Å². The first-order chi connectivity index (χ1) is 16.4. The number of pyridine rings is 1. The number of nitrogens with two attached hydrogens (primary N) is 1. The van der Waals surface area contributed by atoms with E-state index in [2.05, 4.69) is 20.9 Å². The lowest BCUT2D eigenvalue weighted by molar-refractivity contribution is 0.190. The molecule has 0 radical (unpaired) electrons. The number of rotatable bonds is 5. The summed E-state index contributed by atoms with van der Waals surface area (Å²) in [4.78, 5) is 24.1. The number of hydrogen-bond donors (Lipinski definition) is 1. The van der Waals surface area contributed by atoms with E-state index in [1.165, 1.54) is 24.5 Å². The second kappa shape index (κ2) is 8.55. The number of nitriles is 1. The van der Waals surface area contributed by atoms with Crippen LogP contribution in [0.25, 0.3) is 22.1 Å². The third-order valence-electron chi connectivity index (χ3n) is 6.31. The normalized spacial score (nSPS) is 15.6. The van der Waals surface area contributed by atoms with Crippen LogP contribution in [0.4, 0.5) is 5.82 Å². The van der Waals surface area contributed by atoms with Gasteiger partial charge in [-0.15, -0.1) is 0 Å². The Morgan fingerprint density at radius 1 is 1.15 bits per heavy atom. The summed E-state index contributed by atoms with van der Waals surface area (Å²) in [5.74, 6) is -0.114. The number of benzene rings is 1. The fourth-order valence-corrected chi connectivity index (χ4v) is 5.96. The summed E-state index contributed by atoms with van der Waals surface area (Å²) >= 11 is 0. The molecular weight excluding hydrogens is 454 g/mol. The minimum absolute atomic E-state index is 0.114. The van der Waals surface area contributed by atoms with E-state index in [-0.39, 0.29) is 22.4 Å². The van der Waals surface area contributed by atoms with Crippen LogP contribution in [0, 0.1) is 11.3 Å². The lowest BCUT2D eigenvalue weighted by atomic mass is 10.0. The summed E-state index contributed by atoms with van der Waals surface area (Å²) in [6.07, 6.45) is 4.79. The van der Waals surface area contributed by atoms with E-state index < -0.39 is 15.6 Å². The molecule has 11 heteroatoms. The van der Waals surface area contributed by atoms with Gasteiger partial charge in [-0.05, 0) is 31.0 Å². The molecule has 34 heavy (non-hydrogen) atoms. The van der Waals surface area contributed by atoms with Crippen molar-refractivity contribution in [3.05, 3.63) is 59.1 Å². The maximum absolute atomic E-state index is 13.3. The molecule has 0 aliphatic carbocycles. The highest BCUT2D eigenvalue weighted by Gasteiger charge is 2.27. The van der Waals surface area contributed by atoms with E-state index >= 15 is 0 Å². The Bertz CT molecular complexity index is 1580. The van der Waals surface area contributed by atoms with Gasteiger partial charge in [0.25, 0.3) is 15.6 Å². The molecule has 1 fully saturated rings. The highest BCUT2D eigenvalue weighted by atomic mass is 32.2. The van der Waals surface area contributed by atoms with Crippen LogP contribution in [-0.2, 0) is 10.0 Å². The molecule has 5 rings (SSSR count). The van der Waals surface area contributed by atoms with Crippen LogP contribution in [-0.4, -0.2) is 51.5 Å². The highest BCUT2D eigenvalue weighted by molar-refractivity contribution is 7.90. The van der Waals surface area contributed by atoms with Crippen molar-refractivity contribution in [2.45, 2.75) is 30.2 Å². The van der Waals surface area contributed by atoms with E-state index in [4.69, 9.17) is 11.0 Å². The zero-order valence-electron chi connectivity index (χ0n) is 18.3. The summed E-state index contributed by atoms with van der Waals surface area (Å²) in [6, 6.07) is 11.8. The number of anilines is 1. The van der Waals surface area contributed by atoms with Gasteiger partial charge in [-0.3, -0.25) is 9.36 Å². The SMILES string of the molecule is N#CCCN1CCC(n2c(=O)c(N)nc3cnc4c(ccn4S(=O)(=O)c4ccccc4)c32)CC1. The van der Waals surface area contributed by atoms with Crippen molar-refractivity contribution in [3.8, 4) is 6.07 Å². The van der Waals surface area contributed by atoms with Crippen LogP contribution in [0.5, 0.6) is 0 Å². The van der Waals surface area contributed by atoms with Gasteiger partial charge in [0.15, 0.2) is 11.5 Å². The lowest BCUT2D eigenvalue weighted by Crippen LogP contribution is -2.38. The molecule has 174 valence electrons. The summed E-state index contributed by atoms with van der Waals surface area (Å²) in [5.41, 5.74) is 6.76. The van der Waals surface area contributed by atoms with Crippen LogP contribution < -0.4 is 11.3 Å². The molecule has 4 heterocycles. The van der Waals surface area contributed by atoms with Gasteiger partial charge in [-0.25, -0.2) is 22.4 Å². The lowest BCUT2D eigenvalue weighted by Gasteiger charge is -2.33. The summed E-state index contributed by atoms with van der Waals surface area (Å²) in [7, 11) is -3.87. The zero-order valence-corrected chi connectivity index (χ0v) is 19.1. The Morgan fingerprint density at radius 3 is 2.59 bits per heavy atom. The fraction of sp³-hybridized carbons (Fsp3) is 0.304. The van der Waals surface area contributed by atoms with E-state index in [0.29, 0.717) is 42.2 Å². The van der Waals surface area contributed by atoms with Crippen molar-refractivity contribution in [3.63, 3.8) is 0 Å². The number of nitrogens with zero attached hydrogens (tertiary/aromatic N) is 6. The van der Waals surface area contributed by atoms with Gasteiger partial charge in [0.05, 0.1) is 22.7 Å². The van der Waals surface area contributed by atoms with E-state index in [9.17, 15) is 13.2 Å². The van der Waals surface area contributed by atoms with Gasteiger partial charge in [0.2, 0.25) is 0 Å². The first-order valence-electron chi connectivity index (χ1n) is 11.0. The molecule has 1 aliphatic rings. The highest BCUT2D eigenvalue weighted by Crippen LogP contribution is 2.30. The van der Waals surface area contributed by atoms with Gasteiger partial charge in [-0.1, -0.05) is 18.2 Å². The predicted molar refractivity (Wildman–Crippen MR) is 128 cm³/mol. The molecule has 1 aromatic carbocycles. The summed E-state index contributed by atoms with van der Waals surface area (Å²) in [5, 5.41) is 9.37. The van der Waals surface area contributed by atoms with E-state index in [0.717, 1.165) is 17.1 Å². The Hall–Kier alpha value is -3.75. The van der Waals surface area contributed by atoms with Crippen molar-refractivity contribution in [1.29, 1.82) is 5.26 Å². The minimum atomic E-state index is -3.87. The monoisotopic (exact) mass is 477 g/mol. The standard InChI is InChI=1S/C23H23N7O3S/c24-10-4-11-28-12-7-16(8-13-28)30-20-18-9-14-29(34(32,33)17-5-2-1-3-6-17)22(18)26-15-19(20)27-21(25)23(30)31/h1-3,5-6,9,14-16H,4,7-8,11-13H2,(H2,25,27). The molecule has 0 bridgehead atoms. The van der Waals surface area contributed by atoms with Crippen molar-refractivity contribution in [1.82, 2.24) is 23.4 Å². The molecule has 0 amide bonds. The number of likely N-dealkylation sites (tertiary alicyclic amines) is 1. The third kappa shape index (κ3) is 3.61. The van der Waals surface area contributed by atoms with Crippen molar-refractivity contribution in [2.75, 3.05) is 25.4 Å². The summed E-state index contributed by atoms with van der Waals surface area (Å²) in [6.45, 7) is 2.20. The maximum atomic E-state index is 13.3. The molecule has 0 atom stereocenters. The topological polar surface area (TPSA) is 140 Å². The predicted octanol–water partition coefficient (Wildman–Crippen LogP) is 2.12. The van der Waals surface area contributed by atoms with Crippen molar-refractivity contribution >= 4 is 37.9 Å². The Morgan fingerprint density at radius 2 is 1.88 bits per heavy atom. The van der Waals surface area contributed by atoms with Gasteiger partial charge < -0.3 is 10.6 Å². The smallest absolute Gasteiger partial charge is 0.293 e. The van der Waals surface area contributed by atoms with Crippen molar-refractivity contribution < 1.29 is 8.42 Å². The van der Waals surface area contributed by atoms with Crippen LogP contribution in [0.15, 0.2) is 58.5 Å². The number of hydrogen-bond acceptors (Lipinski definition) is 8. The minimum Gasteiger partial charge on any atom is -0.379 e. The summed E-state index contributed by atoms with van der Waals surface area (Å²) < 4.78 is 29.3. The molecule has 2 N–H and O–H groups in total. The Labute approximate surface area is 195 Å². The zero-order chi connectivity index (χ0) is 23.9. The average molecular weight is 478 g/mol. The largest absolute Gasteiger partial charge is 0.379 e. The van der Waals surface area contributed by atoms with E-state index in [1.807, 2.05) is 0 Å². The maximum Gasteiger partial charge on any atom is 0.293 e. The third-order valence-corrected chi connectivity index (χ3v) is 8.00. The quantitative estimate of drug-likeness (QED) is 0.461. The molecular formula is C23H23N7O3S. The first kappa shape index (κ1) is 22.1. The average Bonchev–Trinajstić information content (AvgIpc) is 3.30. The van der Waals surface area contributed by atoms with Gasteiger partial charge >= 0.3 is 0 Å². The molecule has 0 saturated carbocycles. The van der Waals surface area contributed by atoms with Crippen LogP contribution in [0.2, 0.25) is 0 Å². The molecule has 1 saturated heterocycles. The van der Waals surface area contributed by atoms with Crippen LogP contribution in [0.1, 0.15) is 25.3 Å². The fourth-order valence-electron chi connectivity index (χ4n) is 4.63. The molecule has 0 unspecified atom stereocenters. The molecule has 4 aromatic rings. The molecule has 10 nitrogen and oxygen atoms in total. The van der Waals surface area contributed by atoms with Crippen molar-refractivity contribution in [2.24, 2.45) is 0 Å². The Kier molecular flexibility index (Phi) is 5.55. The Balaban J connectivity index is 1.65. The van der Waals surface area contributed by atoms with Gasteiger partial charge in [-0.2, -0.15) is 5.26 Å². The second-order valence-corrected chi connectivity index (χ2v) is 10.1. The van der Waals surface area contributed by atoms with E-state index in [1.54, 1.807) is 28.8 Å². The van der Waals surface area contributed by atoms with Crippen LogP contribution in [0.3, 0.4) is 0 Å². The van der Waals surface area contributed by atoms with Crippen LogP contribution >= 0.6 is 0 Å². The second-order valence-electron chi connectivity index (χ2n) is 8.31. The number of aromatic nitrogens is 4. The number of fused-ring (bicyclic) bond motifs is 3. The molecule has 0 spiro atoms. The molecule has 3 aromatic heterocycles. The number of piperidine rings is 1. The molecule has 1 aliphatic heterocycles. The number of nitrogen functional groups attached to an aromatic ring is 1. The van der Waals surface area contributed by atoms with Gasteiger partial charge in [0.1, 0.15) is 5.52 Å².